The normalized spacial score (nSPS) is 11.7. The predicted molar refractivity (Wildman–Crippen MR) is 60.8 cm³/mol. The van der Waals surface area contributed by atoms with Crippen LogP contribution in [-0.2, 0) is 4.79 Å². The Balaban J connectivity index is 0.00000196. The number of benzene rings is 1. The molecule has 0 radical (unpaired) electrons. The third-order valence-electron chi connectivity index (χ3n) is 1.81. The smallest absolute Gasteiger partial charge is 0.325 e. The van der Waals surface area contributed by atoms with Crippen molar-refractivity contribution in [3.05, 3.63) is 34.1 Å². The van der Waals surface area contributed by atoms with Gasteiger partial charge in [-0.1, -0.05) is 22.0 Å². The van der Waals surface area contributed by atoms with E-state index in [0.29, 0.717) is 4.47 Å². The van der Waals surface area contributed by atoms with E-state index in [0.717, 1.165) is 0 Å². The fourth-order valence-corrected chi connectivity index (χ4v) is 1.48. The zero-order chi connectivity index (χ0) is 10.7. The lowest BCUT2D eigenvalue weighted by Crippen LogP contribution is -2.25. The number of nitrogens with one attached hydrogen (secondary N) is 1. The van der Waals surface area contributed by atoms with Crippen molar-refractivity contribution in [3.63, 3.8) is 0 Å². The number of rotatable bonds is 3. The molecule has 0 amide bonds. The van der Waals surface area contributed by atoms with Crippen molar-refractivity contribution >= 4 is 34.3 Å². The number of likely N-dealkylation sites (N-methyl/N-ethyl adjacent to an activating group) is 1. The van der Waals surface area contributed by atoms with Crippen molar-refractivity contribution in [3.8, 4) is 0 Å². The zero-order valence-corrected chi connectivity index (χ0v) is 10.2. The van der Waals surface area contributed by atoms with Crippen molar-refractivity contribution in [2.24, 2.45) is 0 Å². The van der Waals surface area contributed by atoms with Crippen LogP contribution in [0.4, 0.5) is 4.39 Å². The van der Waals surface area contributed by atoms with E-state index in [1.54, 1.807) is 6.07 Å². The van der Waals surface area contributed by atoms with E-state index in [1.165, 1.54) is 19.2 Å². The summed E-state index contributed by atoms with van der Waals surface area (Å²) in [6, 6.07) is 3.27. The number of carbonyl (C=O) groups is 1. The number of hydrogen-bond donors (Lipinski definition) is 2. The highest BCUT2D eigenvalue weighted by Crippen LogP contribution is 2.20. The Morgan fingerprint density at radius 3 is 2.60 bits per heavy atom. The Morgan fingerprint density at radius 1 is 1.60 bits per heavy atom. The van der Waals surface area contributed by atoms with Crippen LogP contribution < -0.4 is 5.32 Å². The van der Waals surface area contributed by atoms with Gasteiger partial charge in [0.2, 0.25) is 0 Å². The Kier molecular flexibility index (Phi) is 5.79. The van der Waals surface area contributed by atoms with Crippen LogP contribution in [0.3, 0.4) is 0 Å². The molecule has 1 aromatic carbocycles. The van der Waals surface area contributed by atoms with E-state index in [9.17, 15) is 9.18 Å². The summed E-state index contributed by atoms with van der Waals surface area (Å²) >= 11 is 3.10. The number of carboxylic acids is 1. The van der Waals surface area contributed by atoms with E-state index in [-0.39, 0.29) is 18.0 Å². The largest absolute Gasteiger partial charge is 0.480 e. The Bertz CT molecular complexity index is 362. The fraction of sp³-hybridized carbons (Fsp3) is 0.222. The van der Waals surface area contributed by atoms with Crippen molar-refractivity contribution < 1.29 is 14.3 Å². The average Bonchev–Trinajstić information content (AvgIpc) is 2.09. The highest BCUT2D eigenvalue weighted by atomic mass is 79.9. The molecule has 0 heterocycles. The molecule has 84 valence electrons. The highest BCUT2D eigenvalue weighted by Gasteiger charge is 2.20. The Labute approximate surface area is 101 Å². The molecule has 0 aromatic heterocycles. The molecule has 0 spiro atoms. The van der Waals surface area contributed by atoms with Crippen LogP contribution in [0.15, 0.2) is 22.7 Å². The van der Waals surface area contributed by atoms with Crippen LogP contribution in [0.1, 0.15) is 11.6 Å². The summed E-state index contributed by atoms with van der Waals surface area (Å²) < 4.78 is 13.9. The molecule has 0 aliphatic carbocycles. The van der Waals surface area contributed by atoms with Gasteiger partial charge in [0.15, 0.2) is 0 Å². The molecule has 3 nitrogen and oxygen atoms in total. The van der Waals surface area contributed by atoms with Crippen LogP contribution in [0, 0.1) is 5.82 Å². The lowest BCUT2D eigenvalue weighted by atomic mass is 10.1. The molecule has 15 heavy (non-hydrogen) atoms. The maximum atomic E-state index is 13.3. The second-order valence-electron chi connectivity index (χ2n) is 2.73. The van der Waals surface area contributed by atoms with E-state index in [1.807, 2.05) is 0 Å². The molecular formula is C9H10BrClFNO2. The molecule has 0 saturated heterocycles. The first-order valence-electron chi connectivity index (χ1n) is 3.91. The first-order chi connectivity index (χ1) is 6.56. The van der Waals surface area contributed by atoms with E-state index in [2.05, 4.69) is 21.2 Å². The van der Waals surface area contributed by atoms with Crippen LogP contribution >= 0.6 is 28.3 Å². The van der Waals surface area contributed by atoms with Crippen LogP contribution in [0.5, 0.6) is 0 Å². The van der Waals surface area contributed by atoms with E-state index >= 15 is 0 Å². The highest BCUT2D eigenvalue weighted by molar-refractivity contribution is 9.10. The van der Waals surface area contributed by atoms with Crippen molar-refractivity contribution in [2.45, 2.75) is 6.04 Å². The molecule has 0 aliphatic heterocycles. The minimum atomic E-state index is -1.10. The summed E-state index contributed by atoms with van der Waals surface area (Å²) in [7, 11) is 1.47. The van der Waals surface area contributed by atoms with Gasteiger partial charge in [-0.05, 0) is 19.2 Å². The standard InChI is InChI=1S/C9H9BrFNO2.ClH/c1-12-8(9(13)14)6-3-2-5(10)4-7(6)11;/h2-4,8,12H,1H3,(H,13,14);1H. The average molecular weight is 299 g/mol. The summed E-state index contributed by atoms with van der Waals surface area (Å²) in [4.78, 5) is 10.7. The van der Waals surface area contributed by atoms with Crippen molar-refractivity contribution in [1.29, 1.82) is 0 Å². The summed E-state index contributed by atoms with van der Waals surface area (Å²) in [6.07, 6.45) is 0. The topological polar surface area (TPSA) is 49.3 Å². The van der Waals surface area contributed by atoms with Crippen LogP contribution in [0.2, 0.25) is 0 Å². The summed E-state index contributed by atoms with van der Waals surface area (Å²) in [5, 5.41) is 11.3. The number of halogens is 3. The van der Waals surface area contributed by atoms with Gasteiger partial charge in [0, 0.05) is 10.0 Å². The van der Waals surface area contributed by atoms with Crippen LogP contribution in [-0.4, -0.2) is 18.1 Å². The Morgan fingerprint density at radius 2 is 2.20 bits per heavy atom. The summed E-state index contributed by atoms with van der Waals surface area (Å²) in [6.45, 7) is 0. The maximum Gasteiger partial charge on any atom is 0.325 e. The lowest BCUT2D eigenvalue weighted by molar-refractivity contribution is -0.139. The molecule has 1 aromatic rings. The molecule has 0 bridgehead atoms. The molecule has 1 rings (SSSR count). The molecular weight excluding hydrogens is 288 g/mol. The lowest BCUT2D eigenvalue weighted by Gasteiger charge is -2.12. The van der Waals surface area contributed by atoms with Gasteiger partial charge in [-0.3, -0.25) is 4.79 Å². The summed E-state index contributed by atoms with van der Waals surface area (Å²) in [5.41, 5.74) is 0.128. The first-order valence-corrected chi connectivity index (χ1v) is 4.70. The fourth-order valence-electron chi connectivity index (χ4n) is 1.15. The first kappa shape index (κ1) is 14.3. The summed E-state index contributed by atoms with van der Waals surface area (Å²) in [5.74, 6) is -1.64. The molecule has 0 fully saturated rings. The van der Waals surface area contributed by atoms with Crippen LogP contribution in [0.25, 0.3) is 0 Å². The molecule has 6 heteroatoms. The van der Waals surface area contributed by atoms with E-state index < -0.39 is 17.8 Å². The van der Waals surface area contributed by atoms with Gasteiger partial charge >= 0.3 is 5.97 Å². The molecule has 0 saturated carbocycles. The SMILES string of the molecule is CNC(C(=O)O)c1ccc(Br)cc1F.Cl. The molecule has 0 aliphatic rings. The van der Waals surface area contributed by atoms with Crippen molar-refractivity contribution in [2.75, 3.05) is 7.05 Å². The predicted octanol–water partition coefficient (Wildman–Crippen LogP) is 2.36. The van der Waals surface area contributed by atoms with Gasteiger partial charge in [-0.2, -0.15) is 0 Å². The van der Waals surface area contributed by atoms with Gasteiger partial charge in [0.1, 0.15) is 11.9 Å². The van der Waals surface area contributed by atoms with Gasteiger partial charge < -0.3 is 10.4 Å². The minimum absolute atomic E-state index is 0. The second kappa shape index (κ2) is 6.05. The maximum absolute atomic E-state index is 13.3. The zero-order valence-electron chi connectivity index (χ0n) is 7.83. The van der Waals surface area contributed by atoms with Gasteiger partial charge in [-0.25, -0.2) is 4.39 Å². The van der Waals surface area contributed by atoms with Gasteiger partial charge in [0.05, 0.1) is 0 Å². The van der Waals surface area contributed by atoms with E-state index in [4.69, 9.17) is 5.11 Å². The monoisotopic (exact) mass is 297 g/mol. The quantitative estimate of drug-likeness (QED) is 0.900. The number of aliphatic carboxylic acids is 1. The molecule has 1 unspecified atom stereocenters. The Hall–Kier alpha value is -0.650. The minimum Gasteiger partial charge on any atom is -0.480 e. The third-order valence-corrected chi connectivity index (χ3v) is 2.30. The molecule has 1 atom stereocenters. The third kappa shape index (κ3) is 3.44. The number of hydrogen-bond acceptors (Lipinski definition) is 2. The van der Waals surface area contributed by atoms with Gasteiger partial charge in [0.25, 0.3) is 0 Å². The number of carboxylic acid groups (broad SMARTS) is 1. The molecule has 2 N–H and O–H groups in total. The second-order valence-corrected chi connectivity index (χ2v) is 3.64. The van der Waals surface area contributed by atoms with Crippen molar-refractivity contribution in [1.82, 2.24) is 5.32 Å². The van der Waals surface area contributed by atoms with Gasteiger partial charge in [-0.15, -0.1) is 12.4 Å².